The zero-order valence-electron chi connectivity index (χ0n) is 17.2. The summed E-state index contributed by atoms with van der Waals surface area (Å²) in [6.45, 7) is 4.64. The molecule has 0 radical (unpaired) electrons. The van der Waals surface area contributed by atoms with Crippen LogP contribution in [0.3, 0.4) is 0 Å². The number of pyridine rings is 1. The Bertz CT molecular complexity index is 1230. The minimum atomic E-state index is -0.476. The summed E-state index contributed by atoms with van der Waals surface area (Å²) in [6.07, 6.45) is 5.85. The lowest BCUT2D eigenvalue weighted by molar-refractivity contribution is 0.308. The molecule has 0 amide bonds. The molecule has 0 atom stereocenters. The highest BCUT2D eigenvalue weighted by Crippen LogP contribution is 2.34. The standard InChI is InChI=1S/C22H22FN5O2S/c1-3-5-8-30-13-6-7-15(17(23)9-13)18-10-16(22-24-11-14(4-2)31-22)19(21(29)27-18)20-25-12-26-28-20/h6-7,9-12H,3-5,8H2,1-2H3,(H,27,29)(H,25,26,28). The van der Waals surface area contributed by atoms with Crippen LogP contribution < -0.4 is 10.3 Å². The molecular weight excluding hydrogens is 417 g/mol. The fourth-order valence-electron chi connectivity index (χ4n) is 3.17. The highest BCUT2D eigenvalue weighted by Gasteiger charge is 2.20. The molecule has 3 aromatic heterocycles. The number of hydrogen-bond donors (Lipinski definition) is 2. The molecule has 0 aliphatic heterocycles. The third kappa shape index (κ3) is 4.41. The molecule has 4 aromatic rings. The van der Waals surface area contributed by atoms with E-state index in [1.165, 1.54) is 23.7 Å². The second-order valence-electron chi connectivity index (χ2n) is 6.96. The van der Waals surface area contributed by atoms with Gasteiger partial charge in [0.05, 0.1) is 17.9 Å². The number of unbranched alkanes of at least 4 members (excludes halogenated alkanes) is 1. The second kappa shape index (κ2) is 9.22. The number of aryl methyl sites for hydroxylation is 1. The van der Waals surface area contributed by atoms with Crippen LogP contribution in [0.25, 0.3) is 33.2 Å². The lowest BCUT2D eigenvalue weighted by Gasteiger charge is -2.11. The number of thiazole rings is 1. The normalized spacial score (nSPS) is 11.1. The van der Waals surface area contributed by atoms with E-state index in [0.717, 1.165) is 24.1 Å². The van der Waals surface area contributed by atoms with Gasteiger partial charge < -0.3 is 9.72 Å². The van der Waals surface area contributed by atoms with Gasteiger partial charge in [-0.3, -0.25) is 9.89 Å². The minimum absolute atomic E-state index is 0.276. The van der Waals surface area contributed by atoms with Crippen molar-refractivity contribution in [2.24, 2.45) is 0 Å². The fraction of sp³-hybridized carbons (Fsp3) is 0.273. The Labute approximate surface area is 182 Å². The predicted octanol–water partition coefficient (Wildman–Crippen LogP) is 4.83. The average molecular weight is 440 g/mol. The SMILES string of the molecule is CCCCOc1ccc(-c2cc(-c3ncc(CC)s3)c(-c3ncn[nH]3)c(=O)[nH]2)c(F)c1. The van der Waals surface area contributed by atoms with Crippen LogP contribution in [0.5, 0.6) is 5.75 Å². The van der Waals surface area contributed by atoms with Crippen molar-refractivity contribution in [3.05, 3.63) is 57.8 Å². The van der Waals surface area contributed by atoms with Gasteiger partial charge in [-0.1, -0.05) is 20.3 Å². The van der Waals surface area contributed by atoms with Crippen molar-refractivity contribution >= 4 is 11.3 Å². The molecule has 0 bridgehead atoms. The van der Waals surface area contributed by atoms with Crippen molar-refractivity contribution in [2.45, 2.75) is 33.1 Å². The topological polar surface area (TPSA) is 96.6 Å². The van der Waals surface area contributed by atoms with Gasteiger partial charge in [0.25, 0.3) is 5.56 Å². The summed E-state index contributed by atoms with van der Waals surface area (Å²) in [6, 6.07) is 6.38. The maximum atomic E-state index is 14.9. The van der Waals surface area contributed by atoms with Gasteiger partial charge in [0, 0.05) is 28.3 Å². The summed E-state index contributed by atoms with van der Waals surface area (Å²) in [4.78, 5) is 25.5. The molecule has 0 saturated heterocycles. The van der Waals surface area contributed by atoms with Crippen LogP contribution in [-0.4, -0.2) is 31.8 Å². The number of benzene rings is 1. The Hall–Kier alpha value is -3.33. The van der Waals surface area contributed by atoms with Gasteiger partial charge in [-0.15, -0.1) is 11.3 Å². The lowest BCUT2D eigenvalue weighted by Crippen LogP contribution is -2.13. The molecule has 0 aliphatic carbocycles. The molecule has 1 aromatic carbocycles. The highest BCUT2D eigenvalue weighted by molar-refractivity contribution is 7.15. The molecule has 31 heavy (non-hydrogen) atoms. The number of aromatic amines is 2. The van der Waals surface area contributed by atoms with Gasteiger partial charge in [-0.05, 0) is 31.0 Å². The largest absolute Gasteiger partial charge is 0.493 e. The Morgan fingerprint density at radius 2 is 2.03 bits per heavy atom. The van der Waals surface area contributed by atoms with E-state index < -0.39 is 11.4 Å². The van der Waals surface area contributed by atoms with Gasteiger partial charge in [-0.25, -0.2) is 14.4 Å². The third-order valence-corrected chi connectivity index (χ3v) is 5.99. The molecule has 9 heteroatoms. The van der Waals surface area contributed by atoms with Crippen LogP contribution in [0.1, 0.15) is 31.6 Å². The zero-order valence-corrected chi connectivity index (χ0v) is 18.1. The summed E-state index contributed by atoms with van der Waals surface area (Å²) in [5.74, 6) is 0.315. The number of nitrogens with one attached hydrogen (secondary N) is 2. The summed E-state index contributed by atoms with van der Waals surface area (Å²) < 4.78 is 20.5. The van der Waals surface area contributed by atoms with Crippen LogP contribution in [-0.2, 0) is 6.42 Å². The molecule has 0 saturated carbocycles. The average Bonchev–Trinajstić information content (AvgIpc) is 3.45. The Balaban J connectivity index is 1.80. The van der Waals surface area contributed by atoms with Crippen LogP contribution in [0.4, 0.5) is 4.39 Å². The summed E-state index contributed by atoms with van der Waals surface area (Å²) >= 11 is 1.49. The van der Waals surface area contributed by atoms with Crippen molar-refractivity contribution in [1.82, 2.24) is 25.1 Å². The van der Waals surface area contributed by atoms with Gasteiger partial charge >= 0.3 is 0 Å². The van der Waals surface area contributed by atoms with Crippen LogP contribution in [0.15, 0.2) is 41.6 Å². The second-order valence-corrected chi connectivity index (χ2v) is 8.08. The van der Waals surface area contributed by atoms with Crippen LogP contribution in [0, 0.1) is 5.82 Å². The van der Waals surface area contributed by atoms with E-state index in [4.69, 9.17) is 4.74 Å². The van der Waals surface area contributed by atoms with E-state index in [-0.39, 0.29) is 5.56 Å². The first kappa shape index (κ1) is 20.9. The first-order valence-electron chi connectivity index (χ1n) is 10.1. The molecule has 160 valence electrons. The van der Waals surface area contributed by atoms with E-state index in [9.17, 15) is 9.18 Å². The summed E-state index contributed by atoms with van der Waals surface area (Å²) in [7, 11) is 0. The van der Waals surface area contributed by atoms with Crippen molar-refractivity contribution < 1.29 is 9.13 Å². The molecule has 0 aliphatic rings. The van der Waals surface area contributed by atoms with E-state index in [1.54, 1.807) is 24.4 Å². The molecule has 0 spiro atoms. The van der Waals surface area contributed by atoms with Gasteiger partial charge in [0.1, 0.15) is 22.9 Å². The number of nitrogens with zero attached hydrogens (tertiary/aromatic N) is 3. The Morgan fingerprint density at radius 3 is 2.71 bits per heavy atom. The first-order chi connectivity index (χ1) is 15.1. The molecular formula is C22H22FN5O2S. The number of ether oxygens (including phenoxy) is 1. The zero-order chi connectivity index (χ0) is 21.8. The Kier molecular flexibility index (Phi) is 6.22. The van der Waals surface area contributed by atoms with Crippen LogP contribution >= 0.6 is 11.3 Å². The maximum Gasteiger partial charge on any atom is 0.260 e. The molecule has 0 fully saturated rings. The maximum absolute atomic E-state index is 14.9. The van der Waals surface area contributed by atoms with Gasteiger partial charge in [-0.2, -0.15) is 5.10 Å². The quantitative estimate of drug-likeness (QED) is 0.383. The van der Waals surface area contributed by atoms with Crippen molar-refractivity contribution in [2.75, 3.05) is 6.61 Å². The van der Waals surface area contributed by atoms with E-state index in [1.807, 2.05) is 6.92 Å². The first-order valence-corrected chi connectivity index (χ1v) is 10.9. The molecule has 3 heterocycles. The van der Waals surface area contributed by atoms with Crippen molar-refractivity contribution in [3.63, 3.8) is 0 Å². The van der Waals surface area contributed by atoms with Gasteiger partial charge in [0.15, 0.2) is 5.82 Å². The highest BCUT2D eigenvalue weighted by atomic mass is 32.1. The molecule has 4 rings (SSSR count). The third-order valence-electron chi connectivity index (χ3n) is 4.81. The molecule has 0 unspecified atom stereocenters. The molecule has 7 nitrogen and oxygen atoms in total. The fourth-order valence-corrected chi connectivity index (χ4v) is 4.04. The Morgan fingerprint density at radius 1 is 1.16 bits per heavy atom. The van der Waals surface area contributed by atoms with E-state index in [2.05, 4.69) is 32.1 Å². The summed E-state index contributed by atoms with van der Waals surface area (Å²) in [5, 5.41) is 7.25. The number of H-pyrrole nitrogens is 2. The predicted molar refractivity (Wildman–Crippen MR) is 119 cm³/mol. The van der Waals surface area contributed by atoms with Crippen LogP contribution in [0.2, 0.25) is 0 Å². The van der Waals surface area contributed by atoms with E-state index >= 15 is 0 Å². The minimum Gasteiger partial charge on any atom is -0.493 e. The molecule has 2 N–H and O–H groups in total. The number of rotatable bonds is 8. The summed E-state index contributed by atoms with van der Waals surface area (Å²) in [5.41, 5.74) is 1.12. The smallest absolute Gasteiger partial charge is 0.260 e. The van der Waals surface area contributed by atoms with E-state index in [0.29, 0.717) is 40.0 Å². The van der Waals surface area contributed by atoms with Gasteiger partial charge in [0.2, 0.25) is 0 Å². The number of aromatic nitrogens is 5. The van der Waals surface area contributed by atoms with Crippen molar-refractivity contribution in [1.29, 1.82) is 0 Å². The number of halogens is 1. The number of hydrogen-bond acceptors (Lipinski definition) is 6. The monoisotopic (exact) mass is 439 g/mol. The lowest BCUT2D eigenvalue weighted by atomic mass is 10.0. The van der Waals surface area contributed by atoms with Crippen molar-refractivity contribution in [3.8, 4) is 39.0 Å².